The third-order valence-electron chi connectivity index (χ3n) is 1.94. The maximum Gasteiger partial charge on any atom is 0.311 e. The van der Waals surface area contributed by atoms with Crippen LogP contribution < -0.4 is 4.74 Å². The molecule has 0 aliphatic rings. The van der Waals surface area contributed by atoms with Crippen LogP contribution in [0.5, 0.6) is 5.75 Å². The molecule has 0 fully saturated rings. The van der Waals surface area contributed by atoms with Crippen molar-refractivity contribution in [3.05, 3.63) is 17.6 Å². The summed E-state index contributed by atoms with van der Waals surface area (Å²) in [5.41, 5.74) is 0. The van der Waals surface area contributed by atoms with Crippen LogP contribution in [-0.2, 0) is 4.79 Å². The lowest BCUT2D eigenvalue weighted by Crippen LogP contribution is -2.06. The van der Waals surface area contributed by atoms with Gasteiger partial charge in [0.2, 0.25) is 0 Å². The number of aromatic nitrogens is 1. The van der Waals surface area contributed by atoms with Crippen molar-refractivity contribution < 1.29 is 9.53 Å². The minimum Gasteiger partial charge on any atom is -0.424 e. The Kier molecular flexibility index (Phi) is 2.54. The number of hydrogen-bond donors (Lipinski definition) is 1. The first-order valence-corrected chi connectivity index (χ1v) is 5.44. The number of ether oxygens (including phenoxy) is 1. The Morgan fingerprint density at radius 1 is 1.64 bits per heavy atom. The van der Waals surface area contributed by atoms with Crippen LogP contribution >= 0.6 is 11.3 Å². The first-order valence-electron chi connectivity index (χ1n) is 4.56. The molecule has 0 unspecified atom stereocenters. The van der Waals surface area contributed by atoms with Gasteiger partial charge in [0.15, 0.2) is 5.75 Å². The van der Waals surface area contributed by atoms with E-state index in [1.807, 2.05) is 18.4 Å². The van der Waals surface area contributed by atoms with E-state index in [4.69, 9.17) is 4.74 Å². The Morgan fingerprint density at radius 3 is 3.29 bits per heavy atom. The molecule has 0 aromatic carbocycles. The number of thiophene rings is 1. The summed E-state index contributed by atoms with van der Waals surface area (Å²) in [6.45, 7) is 1.96. The number of H-pyrrole nitrogens is 1. The van der Waals surface area contributed by atoms with E-state index in [1.165, 1.54) is 0 Å². The van der Waals surface area contributed by atoms with Crippen molar-refractivity contribution in [2.24, 2.45) is 0 Å². The maximum atomic E-state index is 11.2. The molecule has 0 atom stereocenters. The molecule has 0 saturated carbocycles. The van der Waals surface area contributed by atoms with Gasteiger partial charge in [-0.15, -0.1) is 11.3 Å². The lowest BCUT2D eigenvalue weighted by Gasteiger charge is -1.99. The number of hydrogen-bond acceptors (Lipinski definition) is 3. The molecule has 0 amide bonds. The zero-order valence-electron chi connectivity index (χ0n) is 7.87. The van der Waals surface area contributed by atoms with Crippen LogP contribution in [0.2, 0.25) is 0 Å². The van der Waals surface area contributed by atoms with Gasteiger partial charge in [0.1, 0.15) is 4.83 Å². The smallest absolute Gasteiger partial charge is 0.311 e. The molecule has 2 heterocycles. The van der Waals surface area contributed by atoms with Gasteiger partial charge in [-0.2, -0.15) is 0 Å². The van der Waals surface area contributed by atoms with E-state index < -0.39 is 0 Å². The van der Waals surface area contributed by atoms with Crippen molar-refractivity contribution in [3.8, 4) is 5.75 Å². The third kappa shape index (κ3) is 1.65. The van der Waals surface area contributed by atoms with Gasteiger partial charge in [0.25, 0.3) is 0 Å². The minimum atomic E-state index is -0.167. The molecule has 14 heavy (non-hydrogen) atoms. The molecule has 0 bridgehead atoms. The van der Waals surface area contributed by atoms with Crippen LogP contribution in [0.25, 0.3) is 10.2 Å². The van der Waals surface area contributed by atoms with Gasteiger partial charge < -0.3 is 9.72 Å². The van der Waals surface area contributed by atoms with Gasteiger partial charge in [-0.1, -0.05) is 6.92 Å². The van der Waals surface area contributed by atoms with E-state index in [1.54, 1.807) is 17.5 Å². The SMILES string of the molecule is CCCC(=O)Oc1c[nH]c2sccc12. The standard InChI is InChI=1S/C10H11NO2S/c1-2-3-9(12)13-8-6-11-10-7(8)4-5-14-10/h4-6,11H,2-3H2,1H3. The highest BCUT2D eigenvalue weighted by atomic mass is 32.1. The second kappa shape index (κ2) is 3.84. The highest BCUT2D eigenvalue weighted by Crippen LogP contribution is 2.29. The predicted octanol–water partition coefficient (Wildman–Crippen LogP) is 2.93. The highest BCUT2D eigenvalue weighted by Gasteiger charge is 2.09. The number of nitrogens with one attached hydrogen (secondary N) is 1. The number of carbonyl (C=O) groups excluding carboxylic acids is 1. The summed E-state index contributed by atoms with van der Waals surface area (Å²) in [5.74, 6) is 0.472. The summed E-state index contributed by atoms with van der Waals surface area (Å²) < 4.78 is 5.20. The Labute approximate surface area is 85.7 Å². The predicted molar refractivity (Wildman–Crippen MR) is 56.7 cm³/mol. The zero-order valence-corrected chi connectivity index (χ0v) is 8.69. The van der Waals surface area contributed by atoms with Gasteiger partial charge in [-0.25, -0.2) is 0 Å². The summed E-state index contributed by atoms with van der Waals surface area (Å²) >= 11 is 1.60. The molecular weight excluding hydrogens is 198 g/mol. The normalized spacial score (nSPS) is 10.6. The first kappa shape index (κ1) is 9.27. The van der Waals surface area contributed by atoms with Gasteiger partial charge in [0.05, 0.1) is 5.39 Å². The van der Waals surface area contributed by atoms with Crippen LogP contribution in [0.4, 0.5) is 0 Å². The molecule has 0 saturated heterocycles. The molecule has 0 aliphatic carbocycles. The number of fused-ring (bicyclic) bond motifs is 1. The number of aromatic amines is 1. The van der Waals surface area contributed by atoms with Gasteiger partial charge in [-0.05, 0) is 17.9 Å². The number of rotatable bonds is 3. The lowest BCUT2D eigenvalue weighted by molar-refractivity contribution is -0.134. The molecule has 1 N–H and O–H groups in total. The second-order valence-electron chi connectivity index (χ2n) is 3.04. The molecule has 4 heteroatoms. The monoisotopic (exact) mass is 209 g/mol. The summed E-state index contributed by atoms with van der Waals surface area (Å²) in [6.07, 6.45) is 3.02. The van der Waals surface area contributed by atoms with Crippen LogP contribution in [0, 0.1) is 0 Å². The summed E-state index contributed by atoms with van der Waals surface area (Å²) in [7, 11) is 0. The average Bonchev–Trinajstić information content (AvgIpc) is 2.70. The van der Waals surface area contributed by atoms with Crippen molar-refractivity contribution in [2.75, 3.05) is 0 Å². The molecule has 2 aromatic rings. The Balaban J connectivity index is 2.18. The van der Waals surface area contributed by atoms with Crippen LogP contribution in [-0.4, -0.2) is 11.0 Å². The van der Waals surface area contributed by atoms with E-state index in [2.05, 4.69) is 4.98 Å². The lowest BCUT2D eigenvalue weighted by atomic mass is 10.3. The fourth-order valence-corrected chi connectivity index (χ4v) is 2.05. The van der Waals surface area contributed by atoms with Crippen LogP contribution in [0.15, 0.2) is 17.6 Å². The summed E-state index contributed by atoms with van der Waals surface area (Å²) in [4.78, 5) is 15.3. The fraction of sp³-hybridized carbons (Fsp3) is 0.300. The molecule has 0 spiro atoms. The van der Waals surface area contributed by atoms with Crippen molar-refractivity contribution in [1.82, 2.24) is 4.98 Å². The van der Waals surface area contributed by atoms with E-state index in [-0.39, 0.29) is 5.97 Å². The topological polar surface area (TPSA) is 42.1 Å². The third-order valence-corrected chi connectivity index (χ3v) is 2.79. The molecule has 3 nitrogen and oxygen atoms in total. The Morgan fingerprint density at radius 2 is 2.50 bits per heavy atom. The van der Waals surface area contributed by atoms with Crippen molar-refractivity contribution in [2.45, 2.75) is 19.8 Å². The van der Waals surface area contributed by atoms with E-state index >= 15 is 0 Å². The summed E-state index contributed by atoms with van der Waals surface area (Å²) in [5, 5.41) is 2.96. The van der Waals surface area contributed by atoms with Gasteiger partial charge in [0, 0.05) is 12.6 Å². The molecule has 2 aromatic heterocycles. The van der Waals surface area contributed by atoms with E-state index in [0.717, 1.165) is 16.6 Å². The highest BCUT2D eigenvalue weighted by molar-refractivity contribution is 7.16. The van der Waals surface area contributed by atoms with Crippen LogP contribution in [0.3, 0.4) is 0 Å². The van der Waals surface area contributed by atoms with Gasteiger partial charge in [-0.3, -0.25) is 4.79 Å². The molecule has 0 aliphatic heterocycles. The Bertz CT molecular complexity index is 444. The zero-order chi connectivity index (χ0) is 9.97. The van der Waals surface area contributed by atoms with Crippen LogP contribution in [0.1, 0.15) is 19.8 Å². The molecule has 2 rings (SSSR count). The first-order chi connectivity index (χ1) is 6.81. The summed E-state index contributed by atoms with van der Waals surface area (Å²) in [6, 6.07) is 1.95. The average molecular weight is 209 g/mol. The minimum absolute atomic E-state index is 0.167. The fourth-order valence-electron chi connectivity index (χ4n) is 1.29. The molecular formula is C10H11NO2S. The second-order valence-corrected chi connectivity index (χ2v) is 3.96. The molecule has 74 valence electrons. The maximum absolute atomic E-state index is 11.2. The number of esters is 1. The van der Waals surface area contributed by atoms with Crippen molar-refractivity contribution in [3.63, 3.8) is 0 Å². The Hall–Kier alpha value is -1.29. The van der Waals surface area contributed by atoms with Crippen molar-refractivity contribution >= 4 is 27.5 Å². The number of carbonyl (C=O) groups is 1. The largest absolute Gasteiger partial charge is 0.424 e. The quantitative estimate of drug-likeness (QED) is 0.790. The van der Waals surface area contributed by atoms with Crippen molar-refractivity contribution in [1.29, 1.82) is 0 Å². The van der Waals surface area contributed by atoms with E-state index in [9.17, 15) is 4.79 Å². The van der Waals surface area contributed by atoms with E-state index in [0.29, 0.717) is 12.2 Å². The molecule has 0 radical (unpaired) electrons. The van der Waals surface area contributed by atoms with Gasteiger partial charge >= 0.3 is 5.97 Å².